The van der Waals surface area contributed by atoms with Gasteiger partial charge in [-0.25, -0.2) is 13.6 Å². The van der Waals surface area contributed by atoms with E-state index >= 15 is 0 Å². The van der Waals surface area contributed by atoms with Crippen LogP contribution >= 0.6 is 0 Å². The van der Waals surface area contributed by atoms with Gasteiger partial charge in [0.05, 0.1) is 18.6 Å². The lowest BCUT2D eigenvalue weighted by atomic mass is 10.1. The first-order valence-electron chi connectivity index (χ1n) is 10.2. The predicted octanol–water partition coefficient (Wildman–Crippen LogP) is 2.94. The zero-order valence-corrected chi connectivity index (χ0v) is 18.6. The van der Waals surface area contributed by atoms with Crippen LogP contribution in [0.1, 0.15) is 11.1 Å². The number of anilines is 2. The molecule has 166 valence electrons. The van der Waals surface area contributed by atoms with Crippen molar-refractivity contribution in [2.24, 2.45) is 5.14 Å². The van der Waals surface area contributed by atoms with E-state index in [0.29, 0.717) is 19.5 Å². The third-order valence-electron chi connectivity index (χ3n) is 5.56. The molecule has 0 atom stereocenters. The fourth-order valence-corrected chi connectivity index (χ4v) is 4.46. The Morgan fingerprint density at radius 2 is 1.78 bits per heavy atom. The summed E-state index contributed by atoms with van der Waals surface area (Å²) in [7, 11) is -2.16. The SMILES string of the molecule is COc1ccc(N(CC(=O)N2CCc3cc(S(N)(=O)=O)ccc32)Cc2ccccc2)cc1. The lowest BCUT2D eigenvalue weighted by Gasteiger charge is -2.27. The Balaban J connectivity index is 1.58. The molecule has 8 heteroatoms. The van der Waals surface area contributed by atoms with Gasteiger partial charge in [-0.2, -0.15) is 0 Å². The van der Waals surface area contributed by atoms with Crippen LogP contribution in [-0.4, -0.2) is 34.5 Å². The van der Waals surface area contributed by atoms with Crippen molar-refractivity contribution in [1.82, 2.24) is 0 Å². The number of ether oxygens (including phenoxy) is 1. The number of carbonyl (C=O) groups is 1. The first-order chi connectivity index (χ1) is 15.3. The zero-order chi connectivity index (χ0) is 22.7. The maximum atomic E-state index is 13.3. The molecule has 1 aliphatic rings. The molecule has 0 fully saturated rings. The topological polar surface area (TPSA) is 92.9 Å². The average Bonchev–Trinajstić information content (AvgIpc) is 3.22. The molecule has 32 heavy (non-hydrogen) atoms. The van der Waals surface area contributed by atoms with Crippen LogP contribution in [0.3, 0.4) is 0 Å². The lowest BCUT2D eigenvalue weighted by molar-refractivity contribution is -0.117. The van der Waals surface area contributed by atoms with Gasteiger partial charge in [0.15, 0.2) is 0 Å². The molecule has 0 saturated heterocycles. The van der Waals surface area contributed by atoms with Gasteiger partial charge < -0.3 is 14.5 Å². The van der Waals surface area contributed by atoms with Crippen LogP contribution in [0.25, 0.3) is 0 Å². The predicted molar refractivity (Wildman–Crippen MR) is 124 cm³/mol. The van der Waals surface area contributed by atoms with Gasteiger partial charge in [-0.3, -0.25) is 4.79 Å². The summed E-state index contributed by atoms with van der Waals surface area (Å²) in [6.45, 7) is 1.26. The van der Waals surface area contributed by atoms with Crippen molar-refractivity contribution < 1.29 is 17.9 Å². The molecule has 0 unspecified atom stereocenters. The number of hydrogen-bond acceptors (Lipinski definition) is 5. The fourth-order valence-electron chi connectivity index (χ4n) is 3.90. The highest BCUT2D eigenvalue weighted by Gasteiger charge is 2.27. The Labute approximate surface area is 188 Å². The second-order valence-electron chi connectivity index (χ2n) is 7.67. The van der Waals surface area contributed by atoms with Crippen molar-refractivity contribution >= 4 is 27.3 Å². The van der Waals surface area contributed by atoms with E-state index in [4.69, 9.17) is 9.88 Å². The normalized spacial score (nSPS) is 13.0. The quantitative estimate of drug-likeness (QED) is 0.596. The summed E-state index contributed by atoms with van der Waals surface area (Å²) < 4.78 is 28.6. The highest BCUT2D eigenvalue weighted by molar-refractivity contribution is 7.89. The number of fused-ring (bicyclic) bond motifs is 1. The van der Waals surface area contributed by atoms with E-state index in [0.717, 1.165) is 28.3 Å². The number of amides is 1. The standard InChI is InChI=1S/C24H25N3O4S/c1-31-21-9-7-20(8-10-21)26(16-18-5-3-2-4-6-18)17-24(28)27-14-13-19-15-22(32(25,29)30)11-12-23(19)27/h2-12,15H,13-14,16-17H2,1H3,(H2,25,29,30). The number of nitrogens with zero attached hydrogens (tertiary/aromatic N) is 2. The second-order valence-corrected chi connectivity index (χ2v) is 9.23. The number of carbonyl (C=O) groups excluding carboxylic acids is 1. The summed E-state index contributed by atoms with van der Waals surface area (Å²) in [5.41, 5.74) is 3.54. The van der Waals surface area contributed by atoms with Crippen molar-refractivity contribution in [1.29, 1.82) is 0 Å². The molecule has 1 heterocycles. The summed E-state index contributed by atoms with van der Waals surface area (Å²) in [4.78, 5) is 17.1. The Kier molecular flexibility index (Phi) is 6.16. The number of methoxy groups -OCH3 is 1. The Morgan fingerprint density at radius 3 is 2.44 bits per heavy atom. The molecule has 0 bridgehead atoms. The molecule has 3 aromatic rings. The van der Waals surface area contributed by atoms with Gasteiger partial charge in [-0.15, -0.1) is 0 Å². The molecule has 0 saturated carbocycles. The van der Waals surface area contributed by atoms with E-state index in [1.807, 2.05) is 59.5 Å². The molecular formula is C24H25N3O4S. The van der Waals surface area contributed by atoms with Crippen molar-refractivity contribution in [3.05, 3.63) is 83.9 Å². The second kappa shape index (κ2) is 9.02. The van der Waals surface area contributed by atoms with Crippen LogP contribution < -0.4 is 19.7 Å². The molecular weight excluding hydrogens is 426 g/mol. The summed E-state index contributed by atoms with van der Waals surface area (Å²) >= 11 is 0. The number of hydrogen-bond donors (Lipinski definition) is 1. The molecule has 0 aliphatic carbocycles. The number of nitrogens with two attached hydrogens (primary N) is 1. The Bertz CT molecular complexity index is 1210. The molecule has 2 N–H and O–H groups in total. The average molecular weight is 452 g/mol. The molecule has 3 aromatic carbocycles. The monoisotopic (exact) mass is 451 g/mol. The first-order valence-corrected chi connectivity index (χ1v) is 11.8. The number of sulfonamides is 1. The third kappa shape index (κ3) is 4.76. The van der Waals surface area contributed by atoms with Crippen molar-refractivity contribution in [2.45, 2.75) is 17.9 Å². The largest absolute Gasteiger partial charge is 0.497 e. The maximum Gasteiger partial charge on any atom is 0.246 e. The van der Waals surface area contributed by atoms with Gasteiger partial charge in [-0.05, 0) is 60.0 Å². The minimum Gasteiger partial charge on any atom is -0.497 e. The third-order valence-corrected chi connectivity index (χ3v) is 6.47. The fraction of sp³-hybridized carbons (Fsp3) is 0.208. The summed E-state index contributed by atoms with van der Waals surface area (Å²) in [6.07, 6.45) is 0.589. The van der Waals surface area contributed by atoms with Crippen LogP contribution in [-0.2, 0) is 27.8 Å². The molecule has 0 aromatic heterocycles. The van der Waals surface area contributed by atoms with Crippen LogP contribution in [0.2, 0.25) is 0 Å². The van der Waals surface area contributed by atoms with Gasteiger partial charge in [0.25, 0.3) is 0 Å². The van der Waals surface area contributed by atoms with Gasteiger partial charge >= 0.3 is 0 Å². The van der Waals surface area contributed by atoms with Gasteiger partial charge in [0, 0.05) is 24.5 Å². The van der Waals surface area contributed by atoms with Crippen LogP contribution in [0.15, 0.2) is 77.7 Å². The molecule has 1 amide bonds. The van der Waals surface area contributed by atoms with E-state index in [2.05, 4.69) is 0 Å². The van der Waals surface area contributed by atoms with E-state index < -0.39 is 10.0 Å². The minimum atomic E-state index is -3.78. The molecule has 0 spiro atoms. The van der Waals surface area contributed by atoms with Crippen LogP contribution in [0.4, 0.5) is 11.4 Å². The molecule has 4 rings (SSSR count). The summed E-state index contributed by atoms with van der Waals surface area (Å²) in [5.74, 6) is 0.692. The van der Waals surface area contributed by atoms with Crippen LogP contribution in [0, 0.1) is 0 Å². The van der Waals surface area contributed by atoms with Crippen molar-refractivity contribution in [3.63, 3.8) is 0 Å². The highest BCUT2D eigenvalue weighted by atomic mass is 32.2. The summed E-state index contributed by atoms with van der Waals surface area (Å²) in [6, 6.07) is 22.3. The van der Waals surface area contributed by atoms with Gasteiger partial charge in [-0.1, -0.05) is 30.3 Å². The van der Waals surface area contributed by atoms with E-state index in [-0.39, 0.29) is 17.3 Å². The van der Waals surface area contributed by atoms with Gasteiger partial charge in [0.1, 0.15) is 5.75 Å². The zero-order valence-electron chi connectivity index (χ0n) is 17.8. The van der Waals surface area contributed by atoms with Crippen molar-refractivity contribution in [2.75, 3.05) is 30.0 Å². The van der Waals surface area contributed by atoms with Gasteiger partial charge in [0.2, 0.25) is 15.9 Å². The first kappa shape index (κ1) is 21.9. The minimum absolute atomic E-state index is 0.0566. The van der Waals surface area contributed by atoms with E-state index in [9.17, 15) is 13.2 Å². The lowest BCUT2D eigenvalue weighted by Crippen LogP contribution is -2.39. The molecule has 1 aliphatic heterocycles. The smallest absolute Gasteiger partial charge is 0.246 e. The van der Waals surface area contributed by atoms with Crippen LogP contribution in [0.5, 0.6) is 5.75 Å². The maximum absolute atomic E-state index is 13.3. The summed E-state index contributed by atoms with van der Waals surface area (Å²) in [5, 5.41) is 5.25. The number of primary sulfonamides is 1. The van der Waals surface area contributed by atoms with Crippen molar-refractivity contribution in [3.8, 4) is 5.75 Å². The Morgan fingerprint density at radius 1 is 1.06 bits per heavy atom. The highest BCUT2D eigenvalue weighted by Crippen LogP contribution is 2.30. The Hall–Kier alpha value is -3.36. The van der Waals surface area contributed by atoms with E-state index in [1.54, 1.807) is 24.1 Å². The molecule has 7 nitrogen and oxygen atoms in total. The van der Waals surface area contributed by atoms with E-state index in [1.165, 1.54) is 6.07 Å². The number of rotatable bonds is 7. The molecule has 0 radical (unpaired) electrons. The number of benzene rings is 3.